The predicted molar refractivity (Wildman–Crippen MR) is 98.7 cm³/mol. The fourth-order valence-electron chi connectivity index (χ4n) is 4.97. The van der Waals surface area contributed by atoms with E-state index >= 15 is 0 Å². The molecule has 0 aromatic carbocycles. The van der Waals surface area contributed by atoms with Gasteiger partial charge >= 0.3 is 0 Å². The molecule has 5 heterocycles. The molecule has 26 heavy (non-hydrogen) atoms. The number of aryl methyl sites for hydroxylation is 1. The summed E-state index contributed by atoms with van der Waals surface area (Å²) in [6.45, 7) is 2.05. The van der Waals surface area contributed by atoms with Gasteiger partial charge in [-0.3, -0.25) is 4.98 Å². The molecule has 1 N–H and O–H groups in total. The lowest BCUT2D eigenvalue weighted by Gasteiger charge is -2.33. The quantitative estimate of drug-likeness (QED) is 0.774. The molecule has 6 nitrogen and oxygen atoms in total. The minimum Gasteiger partial charge on any atom is -0.361 e. The smallest absolute Gasteiger partial charge is 0.155 e. The highest BCUT2D eigenvalue weighted by molar-refractivity contribution is 5.91. The van der Waals surface area contributed by atoms with Crippen LogP contribution in [-0.2, 0) is 0 Å². The number of fused-ring (bicyclic) bond motifs is 6. The monoisotopic (exact) mass is 344 g/mol. The van der Waals surface area contributed by atoms with Crippen LogP contribution >= 0.6 is 0 Å². The molecule has 2 bridgehead atoms. The third kappa shape index (κ3) is 1.90. The van der Waals surface area contributed by atoms with Crippen molar-refractivity contribution in [3.8, 4) is 0 Å². The number of pyridine rings is 2. The van der Waals surface area contributed by atoms with E-state index in [1.807, 2.05) is 23.6 Å². The lowest BCUT2D eigenvalue weighted by atomic mass is 10.1. The van der Waals surface area contributed by atoms with Gasteiger partial charge in [-0.2, -0.15) is 5.10 Å². The predicted octanol–water partition coefficient (Wildman–Crippen LogP) is 2.67. The van der Waals surface area contributed by atoms with Crippen LogP contribution in [0.4, 0.5) is 0 Å². The van der Waals surface area contributed by atoms with Crippen LogP contribution in [0.2, 0.25) is 0 Å². The molecule has 0 spiro atoms. The van der Waals surface area contributed by atoms with Crippen molar-refractivity contribution in [2.24, 2.45) is 5.92 Å². The fourth-order valence-corrected chi connectivity index (χ4v) is 4.97. The zero-order valence-electron chi connectivity index (χ0n) is 14.6. The van der Waals surface area contributed by atoms with Crippen LogP contribution < -0.4 is 5.32 Å². The first kappa shape index (κ1) is 14.3. The molecular formula is C20H20N6. The van der Waals surface area contributed by atoms with E-state index in [0.29, 0.717) is 12.2 Å². The molecule has 6 heteroatoms. The second-order valence-electron chi connectivity index (χ2n) is 7.59. The Morgan fingerprint density at radius 2 is 2.12 bits per heavy atom. The average molecular weight is 344 g/mol. The number of aromatic nitrogens is 4. The van der Waals surface area contributed by atoms with Crippen molar-refractivity contribution >= 4 is 17.0 Å². The molecular weight excluding hydrogens is 324 g/mol. The Morgan fingerprint density at radius 3 is 3.04 bits per heavy atom. The van der Waals surface area contributed by atoms with Crippen LogP contribution in [0.25, 0.3) is 17.0 Å². The summed E-state index contributed by atoms with van der Waals surface area (Å²) in [6, 6.07) is 11.1. The van der Waals surface area contributed by atoms with Gasteiger partial charge in [-0.05, 0) is 56.4 Å². The fraction of sp³-hybridized carbons (Fsp3) is 0.350. The van der Waals surface area contributed by atoms with Crippen molar-refractivity contribution in [1.29, 1.82) is 0 Å². The molecule has 1 saturated heterocycles. The van der Waals surface area contributed by atoms with Crippen LogP contribution in [0.1, 0.15) is 36.2 Å². The summed E-state index contributed by atoms with van der Waals surface area (Å²) in [7, 11) is 0. The first-order valence-electron chi connectivity index (χ1n) is 9.31. The topological polar surface area (TPSA) is 58.4 Å². The molecule has 6 rings (SSSR count). The first-order valence-corrected chi connectivity index (χ1v) is 9.31. The van der Waals surface area contributed by atoms with Gasteiger partial charge in [-0.1, -0.05) is 6.07 Å². The highest BCUT2D eigenvalue weighted by Crippen LogP contribution is 2.50. The maximum atomic E-state index is 4.80. The standard InChI is InChI=1S/C20H20N6/c1-12-3-2-4-16(23-12)18-19(14-6-8-17-21-11-22-25(17)10-14)26-15-7-5-13(9-15)20(26)24-18/h2-4,6,8,10-11,13,15,20,24H,5,7,9H2,1H3. The van der Waals surface area contributed by atoms with E-state index in [1.165, 1.54) is 30.5 Å². The minimum atomic E-state index is 0.396. The highest BCUT2D eigenvalue weighted by atomic mass is 15.4. The molecule has 3 unspecified atom stereocenters. The second-order valence-corrected chi connectivity index (χ2v) is 7.59. The summed E-state index contributed by atoms with van der Waals surface area (Å²) >= 11 is 0. The molecule has 2 aliphatic heterocycles. The molecule has 3 atom stereocenters. The molecule has 3 aromatic heterocycles. The Bertz CT molecular complexity index is 1050. The summed E-state index contributed by atoms with van der Waals surface area (Å²) < 4.78 is 1.85. The van der Waals surface area contributed by atoms with Crippen molar-refractivity contribution < 1.29 is 0 Å². The lowest BCUT2D eigenvalue weighted by molar-refractivity contribution is 0.218. The lowest BCUT2D eigenvalue weighted by Crippen LogP contribution is -2.41. The van der Waals surface area contributed by atoms with E-state index in [1.54, 1.807) is 6.33 Å². The van der Waals surface area contributed by atoms with Crippen molar-refractivity contribution in [2.45, 2.75) is 38.4 Å². The van der Waals surface area contributed by atoms with Crippen molar-refractivity contribution in [2.75, 3.05) is 0 Å². The van der Waals surface area contributed by atoms with Gasteiger partial charge in [-0.15, -0.1) is 0 Å². The minimum absolute atomic E-state index is 0.396. The van der Waals surface area contributed by atoms with E-state index < -0.39 is 0 Å². The van der Waals surface area contributed by atoms with Gasteiger partial charge in [0.05, 0.1) is 17.1 Å². The molecule has 2 fully saturated rings. The Balaban J connectivity index is 1.57. The zero-order chi connectivity index (χ0) is 17.3. The highest BCUT2D eigenvalue weighted by Gasteiger charge is 2.51. The third-order valence-corrected chi connectivity index (χ3v) is 6.06. The van der Waals surface area contributed by atoms with E-state index in [-0.39, 0.29) is 0 Å². The average Bonchev–Trinajstić information content (AvgIpc) is 3.41. The zero-order valence-corrected chi connectivity index (χ0v) is 14.6. The van der Waals surface area contributed by atoms with Crippen LogP contribution in [0.5, 0.6) is 0 Å². The van der Waals surface area contributed by atoms with E-state index in [0.717, 1.165) is 28.6 Å². The molecule has 3 aromatic rings. The molecule has 130 valence electrons. The summed E-state index contributed by atoms with van der Waals surface area (Å²) in [5, 5.41) is 8.14. The van der Waals surface area contributed by atoms with E-state index in [9.17, 15) is 0 Å². The summed E-state index contributed by atoms with van der Waals surface area (Å²) in [5.74, 6) is 0.729. The third-order valence-electron chi connectivity index (χ3n) is 6.06. The summed E-state index contributed by atoms with van der Waals surface area (Å²) in [4.78, 5) is 11.7. The largest absolute Gasteiger partial charge is 0.361 e. The van der Waals surface area contributed by atoms with Crippen molar-refractivity contribution in [3.05, 3.63) is 59.8 Å². The van der Waals surface area contributed by atoms with Crippen LogP contribution in [-0.4, -0.2) is 36.7 Å². The van der Waals surface area contributed by atoms with Crippen LogP contribution in [0, 0.1) is 12.8 Å². The molecule has 1 aliphatic carbocycles. The normalized spacial score (nSPS) is 26.7. The number of hydrogen-bond donors (Lipinski definition) is 1. The molecule has 1 saturated carbocycles. The van der Waals surface area contributed by atoms with Gasteiger partial charge in [0.15, 0.2) is 5.65 Å². The first-order chi connectivity index (χ1) is 12.8. The molecule has 0 amide bonds. The van der Waals surface area contributed by atoms with Gasteiger partial charge in [0.2, 0.25) is 0 Å². The van der Waals surface area contributed by atoms with E-state index in [4.69, 9.17) is 4.98 Å². The maximum absolute atomic E-state index is 4.80. The van der Waals surface area contributed by atoms with E-state index in [2.05, 4.69) is 44.7 Å². The number of piperidine rings is 1. The Morgan fingerprint density at radius 1 is 1.15 bits per heavy atom. The Kier molecular flexibility index (Phi) is 2.78. The van der Waals surface area contributed by atoms with Crippen LogP contribution in [0.3, 0.4) is 0 Å². The summed E-state index contributed by atoms with van der Waals surface area (Å²) in [5.41, 5.74) is 6.51. The molecule has 0 radical (unpaired) electrons. The van der Waals surface area contributed by atoms with Gasteiger partial charge < -0.3 is 10.2 Å². The van der Waals surface area contributed by atoms with Gasteiger partial charge in [0.25, 0.3) is 0 Å². The summed E-state index contributed by atoms with van der Waals surface area (Å²) in [6.07, 6.45) is 7.98. The number of nitrogens with one attached hydrogen (secondary N) is 1. The van der Waals surface area contributed by atoms with Gasteiger partial charge in [0, 0.05) is 23.5 Å². The Hall–Kier alpha value is -2.89. The number of hydrogen-bond acceptors (Lipinski definition) is 5. The van der Waals surface area contributed by atoms with Gasteiger partial charge in [0.1, 0.15) is 12.5 Å². The van der Waals surface area contributed by atoms with Gasteiger partial charge in [-0.25, -0.2) is 9.50 Å². The SMILES string of the molecule is Cc1cccc(C2=C(c3ccc4ncnn4c3)N3C4CCC(C4)C3N2)n1. The number of nitrogens with zero attached hydrogens (tertiary/aromatic N) is 5. The maximum Gasteiger partial charge on any atom is 0.155 e. The second kappa shape index (κ2) is 5.06. The van der Waals surface area contributed by atoms with Crippen molar-refractivity contribution in [1.82, 2.24) is 29.8 Å². The number of rotatable bonds is 2. The Labute approximate surface area is 151 Å². The molecule has 3 aliphatic rings. The van der Waals surface area contributed by atoms with Crippen LogP contribution in [0.15, 0.2) is 42.9 Å². The van der Waals surface area contributed by atoms with Crippen molar-refractivity contribution in [3.63, 3.8) is 0 Å².